The number of thiophene rings is 1. The van der Waals surface area contributed by atoms with Gasteiger partial charge in [-0.2, -0.15) is 0 Å². The highest BCUT2D eigenvalue weighted by Crippen LogP contribution is 2.22. The lowest BCUT2D eigenvalue weighted by Crippen LogP contribution is -2.58. The molecule has 0 spiro atoms. The normalized spacial score (nSPS) is 17.3. The van der Waals surface area contributed by atoms with Gasteiger partial charge >= 0.3 is 6.03 Å². The lowest BCUT2D eigenvalue weighted by molar-refractivity contribution is -0.130. The minimum atomic E-state index is -1.12. The highest BCUT2D eigenvalue weighted by atomic mass is 32.1. The highest BCUT2D eigenvalue weighted by molar-refractivity contribution is 7.09. The molecule has 13 heteroatoms. The number of urea groups is 1. The molecule has 3 aromatic rings. The maximum absolute atomic E-state index is 13.5. The molecule has 0 radical (unpaired) electrons. The summed E-state index contributed by atoms with van der Waals surface area (Å²) in [5, 5.41) is 10.0. The van der Waals surface area contributed by atoms with Gasteiger partial charge in [0.2, 0.25) is 11.8 Å². The number of likely N-dealkylation sites (tertiary alicyclic amines) is 1. The van der Waals surface area contributed by atoms with Gasteiger partial charge in [0.25, 0.3) is 5.91 Å². The maximum Gasteiger partial charge on any atom is 0.319 e. The summed E-state index contributed by atoms with van der Waals surface area (Å²) in [5.74, 6) is -1.29. The van der Waals surface area contributed by atoms with E-state index in [1.165, 1.54) is 41.9 Å². The van der Waals surface area contributed by atoms with E-state index in [-0.39, 0.29) is 18.7 Å². The van der Waals surface area contributed by atoms with Crippen molar-refractivity contribution in [3.8, 4) is 5.75 Å². The van der Waals surface area contributed by atoms with Crippen molar-refractivity contribution in [3.05, 3.63) is 70.9 Å². The fourth-order valence-corrected chi connectivity index (χ4v) is 4.95. The summed E-state index contributed by atoms with van der Waals surface area (Å²) in [6, 6.07) is 7.01. The van der Waals surface area contributed by atoms with Crippen LogP contribution in [-0.2, 0) is 16.0 Å². The summed E-state index contributed by atoms with van der Waals surface area (Å²) in [6.07, 6.45) is 4.61. The molecule has 5 N–H and O–H groups in total. The molecule has 3 heterocycles. The maximum atomic E-state index is 13.5. The second-order valence-electron chi connectivity index (χ2n) is 8.51. The number of primary amides is 1. The lowest BCUT2D eigenvalue weighted by atomic mass is 10.1. The van der Waals surface area contributed by atoms with Crippen LogP contribution in [-0.4, -0.2) is 70.4 Å². The lowest BCUT2D eigenvalue weighted by Gasteiger charge is -2.29. The number of carbonyl (C=O) groups is 4. The van der Waals surface area contributed by atoms with Gasteiger partial charge < -0.3 is 31.3 Å². The number of benzene rings is 1. The summed E-state index contributed by atoms with van der Waals surface area (Å²) < 4.78 is 5.18. The minimum Gasteiger partial charge on any atom is -0.497 e. The SMILES string of the molecule is COc1cccc(NC(=O)N[C@H]2CCN(C(=O)c3cnccn3)[C@@H]2C(=O)N[C@@H](Cc2cccs2)C(N)=O)c1. The first-order chi connectivity index (χ1) is 18.4. The van der Waals surface area contributed by atoms with Gasteiger partial charge in [0.1, 0.15) is 23.5 Å². The molecule has 4 rings (SSSR count). The number of carbonyl (C=O) groups excluding carboxylic acids is 4. The van der Waals surface area contributed by atoms with Crippen LogP contribution in [0.2, 0.25) is 0 Å². The number of amides is 5. The number of anilines is 1. The first-order valence-corrected chi connectivity index (χ1v) is 12.6. The molecular weight excluding hydrogens is 510 g/mol. The number of hydrogen-bond donors (Lipinski definition) is 4. The van der Waals surface area contributed by atoms with E-state index in [1.54, 1.807) is 24.3 Å². The molecule has 5 amide bonds. The zero-order valence-corrected chi connectivity index (χ0v) is 21.3. The summed E-state index contributed by atoms with van der Waals surface area (Å²) in [5.41, 5.74) is 6.11. The summed E-state index contributed by atoms with van der Waals surface area (Å²) in [7, 11) is 1.52. The standard InChI is InChI=1S/C25H27N7O5S/c1-37-16-5-2-4-15(12-16)29-25(36)31-18-7-10-32(24(35)20-14-27-8-9-28-20)21(18)23(34)30-19(22(26)33)13-17-6-3-11-38-17/h2-6,8-9,11-12,14,18-19,21H,7,10,13H2,1H3,(H2,26,33)(H,30,34)(H2,29,31,36)/t18-,19-,21-/m0/s1. The van der Waals surface area contributed by atoms with Crippen LogP contribution in [0.1, 0.15) is 21.8 Å². The van der Waals surface area contributed by atoms with Crippen LogP contribution in [0.25, 0.3) is 0 Å². The van der Waals surface area contributed by atoms with Gasteiger partial charge in [-0.3, -0.25) is 19.4 Å². The van der Waals surface area contributed by atoms with Crippen molar-refractivity contribution in [2.24, 2.45) is 5.73 Å². The Kier molecular flexibility index (Phi) is 8.48. The Morgan fingerprint density at radius 1 is 1.21 bits per heavy atom. The number of methoxy groups -OCH3 is 1. The van der Waals surface area contributed by atoms with Crippen molar-refractivity contribution >= 4 is 40.8 Å². The molecule has 0 bridgehead atoms. The number of hydrogen-bond acceptors (Lipinski definition) is 8. The molecule has 198 valence electrons. The Hall–Kier alpha value is -4.52. The molecular formula is C25H27N7O5S. The van der Waals surface area contributed by atoms with Gasteiger partial charge in [0.15, 0.2) is 0 Å². The Balaban J connectivity index is 1.53. The van der Waals surface area contributed by atoms with Gasteiger partial charge in [-0.1, -0.05) is 12.1 Å². The van der Waals surface area contributed by atoms with Crippen LogP contribution < -0.4 is 26.4 Å². The monoisotopic (exact) mass is 537 g/mol. The van der Waals surface area contributed by atoms with Crippen LogP contribution in [0.4, 0.5) is 10.5 Å². The Morgan fingerprint density at radius 3 is 2.74 bits per heavy atom. The van der Waals surface area contributed by atoms with E-state index in [2.05, 4.69) is 25.9 Å². The molecule has 38 heavy (non-hydrogen) atoms. The fourth-order valence-electron chi connectivity index (χ4n) is 4.20. The van der Waals surface area contributed by atoms with Crippen LogP contribution in [0.15, 0.2) is 60.4 Å². The fraction of sp³-hybridized carbons (Fsp3) is 0.280. The van der Waals surface area contributed by atoms with E-state index in [0.717, 1.165) is 4.88 Å². The van der Waals surface area contributed by atoms with Gasteiger partial charge in [-0.15, -0.1) is 11.3 Å². The number of nitrogens with two attached hydrogens (primary N) is 1. The largest absolute Gasteiger partial charge is 0.497 e. The first-order valence-electron chi connectivity index (χ1n) is 11.8. The summed E-state index contributed by atoms with van der Waals surface area (Å²) in [6.45, 7) is 0.170. The van der Waals surface area contributed by atoms with Crippen molar-refractivity contribution in [3.63, 3.8) is 0 Å². The van der Waals surface area contributed by atoms with Crippen LogP contribution in [0, 0.1) is 0 Å². The molecule has 1 fully saturated rings. The smallest absolute Gasteiger partial charge is 0.319 e. The van der Waals surface area contributed by atoms with E-state index in [1.807, 2.05) is 17.5 Å². The predicted octanol–water partition coefficient (Wildman–Crippen LogP) is 1.16. The number of ether oxygens (including phenoxy) is 1. The molecule has 2 aromatic heterocycles. The first kappa shape index (κ1) is 26.5. The molecule has 3 atom stereocenters. The third-order valence-electron chi connectivity index (χ3n) is 6.00. The Morgan fingerprint density at radius 2 is 2.05 bits per heavy atom. The highest BCUT2D eigenvalue weighted by Gasteiger charge is 2.44. The van der Waals surface area contributed by atoms with Crippen molar-refractivity contribution < 1.29 is 23.9 Å². The number of nitrogens with zero attached hydrogens (tertiary/aromatic N) is 3. The van der Waals surface area contributed by atoms with E-state index < -0.39 is 41.9 Å². The van der Waals surface area contributed by atoms with Gasteiger partial charge in [-0.05, 0) is 30.0 Å². The molecule has 12 nitrogen and oxygen atoms in total. The zero-order chi connectivity index (χ0) is 27.1. The minimum absolute atomic E-state index is 0.0526. The molecule has 0 saturated carbocycles. The van der Waals surface area contributed by atoms with Crippen LogP contribution in [0.5, 0.6) is 5.75 Å². The molecule has 1 saturated heterocycles. The van der Waals surface area contributed by atoms with Gasteiger partial charge in [0.05, 0.1) is 19.3 Å². The molecule has 1 aliphatic rings. The quantitative estimate of drug-likeness (QED) is 0.317. The summed E-state index contributed by atoms with van der Waals surface area (Å²) in [4.78, 5) is 61.9. The number of rotatable bonds is 9. The summed E-state index contributed by atoms with van der Waals surface area (Å²) >= 11 is 1.43. The van der Waals surface area contributed by atoms with E-state index >= 15 is 0 Å². The third-order valence-corrected chi connectivity index (χ3v) is 6.90. The number of aromatic nitrogens is 2. The Bertz CT molecular complexity index is 1290. The average Bonchev–Trinajstić information content (AvgIpc) is 3.58. The molecule has 0 unspecified atom stereocenters. The van der Waals surface area contributed by atoms with E-state index in [0.29, 0.717) is 17.9 Å². The van der Waals surface area contributed by atoms with Crippen molar-refractivity contribution in [2.45, 2.75) is 31.0 Å². The molecule has 1 aromatic carbocycles. The molecule has 1 aliphatic heterocycles. The van der Waals surface area contributed by atoms with E-state index in [4.69, 9.17) is 10.5 Å². The topological polar surface area (TPSA) is 169 Å². The Labute approximate surface area is 222 Å². The van der Waals surface area contributed by atoms with Crippen molar-refractivity contribution in [1.29, 1.82) is 0 Å². The number of nitrogens with one attached hydrogen (secondary N) is 3. The van der Waals surface area contributed by atoms with E-state index in [9.17, 15) is 19.2 Å². The van der Waals surface area contributed by atoms with Crippen molar-refractivity contribution in [1.82, 2.24) is 25.5 Å². The molecule has 0 aliphatic carbocycles. The van der Waals surface area contributed by atoms with Crippen molar-refractivity contribution in [2.75, 3.05) is 19.0 Å². The van der Waals surface area contributed by atoms with Gasteiger partial charge in [0, 0.05) is 42.0 Å². The zero-order valence-electron chi connectivity index (χ0n) is 20.5. The van der Waals surface area contributed by atoms with Crippen LogP contribution in [0.3, 0.4) is 0 Å². The van der Waals surface area contributed by atoms with Gasteiger partial charge in [-0.25, -0.2) is 9.78 Å². The second kappa shape index (κ2) is 12.1. The van der Waals surface area contributed by atoms with Crippen LogP contribution >= 0.6 is 11.3 Å². The second-order valence-corrected chi connectivity index (χ2v) is 9.54. The average molecular weight is 538 g/mol. The predicted molar refractivity (Wildman–Crippen MR) is 140 cm³/mol. The third kappa shape index (κ3) is 6.42.